The smallest absolute Gasteiger partial charge is 0.160 e. The standard InChI is InChI=1S/C69H45N3/c1-5-20-48(21-6-1)68-70-63(45-64(71-68)59-32-19-34-62-67(59)58-31-15-17-33-61(58)69(62,50-22-7-2-8-23-50)51-24-9-3-10-25-51)56-42-41-53(54-28-13-14-29-55(54)56)47-38-36-46(37-39-47)49-40-43-66-60(44-49)57-30-16-18-35-65(57)72(66)52-26-11-4-12-27-52/h1-45H. The first-order valence-corrected chi connectivity index (χ1v) is 24.7. The predicted octanol–water partition coefficient (Wildman–Crippen LogP) is 17.4. The minimum absolute atomic E-state index is 0.523. The fourth-order valence-corrected chi connectivity index (χ4v) is 11.8. The van der Waals surface area contributed by atoms with Gasteiger partial charge >= 0.3 is 0 Å². The second-order valence-electron chi connectivity index (χ2n) is 18.8. The molecular weight excluding hydrogens is 871 g/mol. The van der Waals surface area contributed by atoms with Gasteiger partial charge in [-0.2, -0.15) is 0 Å². The lowest BCUT2D eigenvalue weighted by molar-refractivity contribution is 0.768. The molecule has 13 aromatic rings. The van der Waals surface area contributed by atoms with Gasteiger partial charge in [0.05, 0.1) is 27.8 Å². The summed E-state index contributed by atoms with van der Waals surface area (Å²) in [7, 11) is 0. The third-order valence-electron chi connectivity index (χ3n) is 14.9. The molecule has 0 unspecified atom stereocenters. The van der Waals surface area contributed by atoms with Crippen molar-refractivity contribution >= 4 is 32.6 Å². The van der Waals surface area contributed by atoms with Crippen LogP contribution in [0.3, 0.4) is 0 Å². The number of nitrogens with zero attached hydrogens (tertiary/aromatic N) is 3. The van der Waals surface area contributed by atoms with Gasteiger partial charge in [0.1, 0.15) is 0 Å². The molecule has 72 heavy (non-hydrogen) atoms. The van der Waals surface area contributed by atoms with E-state index in [0.29, 0.717) is 5.82 Å². The van der Waals surface area contributed by atoms with Crippen molar-refractivity contribution in [1.82, 2.24) is 14.5 Å². The molecule has 0 spiro atoms. The topological polar surface area (TPSA) is 30.7 Å². The minimum Gasteiger partial charge on any atom is -0.309 e. The van der Waals surface area contributed by atoms with E-state index in [0.717, 1.165) is 44.7 Å². The summed E-state index contributed by atoms with van der Waals surface area (Å²) < 4.78 is 2.37. The molecule has 0 fully saturated rings. The number of hydrogen-bond donors (Lipinski definition) is 0. The fraction of sp³-hybridized carbons (Fsp3) is 0.0145. The zero-order chi connectivity index (χ0) is 47.6. The Hall–Kier alpha value is -9.44. The van der Waals surface area contributed by atoms with E-state index in [-0.39, 0.29) is 0 Å². The van der Waals surface area contributed by atoms with E-state index in [2.05, 4.69) is 271 Å². The van der Waals surface area contributed by atoms with E-state index in [1.165, 1.54) is 77.3 Å². The first kappa shape index (κ1) is 41.5. The van der Waals surface area contributed by atoms with Gasteiger partial charge in [0.15, 0.2) is 5.82 Å². The maximum atomic E-state index is 5.46. The summed E-state index contributed by atoms with van der Waals surface area (Å²) in [5.74, 6) is 0.691. The molecule has 1 aliphatic rings. The van der Waals surface area contributed by atoms with E-state index in [1.54, 1.807) is 0 Å². The van der Waals surface area contributed by atoms with Gasteiger partial charge in [0, 0.05) is 33.2 Å². The monoisotopic (exact) mass is 915 g/mol. The molecule has 0 atom stereocenters. The van der Waals surface area contributed by atoms with Crippen LogP contribution < -0.4 is 0 Å². The van der Waals surface area contributed by atoms with Crippen molar-refractivity contribution < 1.29 is 0 Å². The Kier molecular flexibility index (Phi) is 9.75. The first-order valence-electron chi connectivity index (χ1n) is 24.7. The quantitative estimate of drug-likeness (QED) is 0.152. The summed E-state index contributed by atoms with van der Waals surface area (Å²) in [4.78, 5) is 10.9. The minimum atomic E-state index is -0.523. The van der Waals surface area contributed by atoms with Crippen molar-refractivity contribution in [2.45, 2.75) is 5.41 Å². The molecule has 3 nitrogen and oxygen atoms in total. The average molecular weight is 916 g/mol. The van der Waals surface area contributed by atoms with E-state index < -0.39 is 5.41 Å². The maximum Gasteiger partial charge on any atom is 0.160 e. The highest BCUT2D eigenvalue weighted by molar-refractivity contribution is 6.11. The number of para-hydroxylation sites is 2. The Bertz CT molecular complexity index is 4140. The second-order valence-corrected chi connectivity index (χ2v) is 18.8. The second kappa shape index (κ2) is 16.9. The molecule has 0 amide bonds. The molecule has 0 N–H and O–H groups in total. The summed E-state index contributed by atoms with van der Waals surface area (Å²) >= 11 is 0. The number of aromatic nitrogens is 3. The molecule has 3 heteroatoms. The Morgan fingerprint density at radius 1 is 0.292 bits per heavy atom. The van der Waals surface area contributed by atoms with Crippen molar-refractivity contribution in [3.05, 3.63) is 295 Å². The Balaban J connectivity index is 0.895. The SMILES string of the molecule is c1ccc(-c2nc(-c3cccc4c3-c3ccccc3C4(c3ccccc3)c3ccccc3)cc(-c3ccc(-c4ccc(-c5ccc6c(c5)c5ccccc5n6-c5ccccc5)cc4)c4ccccc34)n2)cc1. The molecule has 0 radical (unpaired) electrons. The Morgan fingerprint density at radius 3 is 1.53 bits per heavy atom. The van der Waals surface area contributed by atoms with Crippen LogP contribution in [0, 0.1) is 0 Å². The van der Waals surface area contributed by atoms with Crippen molar-refractivity contribution in [1.29, 1.82) is 0 Å². The van der Waals surface area contributed by atoms with E-state index in [9.17, 15) is 0 Å². The lowest BCUT2D eigenvalue weighted by atomic mass is 9.67. The van der Waals surface area contributed by atoms with Crippen LogP contribution in [-0.2, 0) is 5.41 Å². The summed E-state index contributed by atoms with van der Waals surface area (Å²) in [5, 5.41) is 4.80. The van der Waals surface area contributed by atoms with Gasteiger partial charge in [-0.3, -0.25) is 0 Å². The van der Waals surface area contributed by atoms with Crippen LogP contribution in [-0.4, -0.2) is 14.5 Å². The molecule has 11 aromatic carbocycles. The summed E-state index contributed by atoms with van der Waals surface area (Å²) in [6, 6.07) is 98.8. The highest BCUT2D eigenvalue weighted by Crippen LogP contribution is 2.58. The first-order chi connectivity index (χ1) is 35.7. The van der Waals surface area contributed by atoms with Gasteiger partial charge in [-0.05, 0) is 103 Å². The van der Waals surface area contributed by atoms with Gasteiger partial charge in [0.25, 0.3) is 0 Å². The average Bonchev–Trinajstić information content (AvgIpc) is 3.96. The Labute approximate surface area is 418 Å². The van der Waals surface area contributed by atoms with Crippen LogP contribution in [0.4, 0.5) is 0 Å². The van der Waals surface area contributed by atoms with Gasteiger partial charge < -0.3 is 4.57 Å². The highest BCUT2D eigenvalue weighted by Gasteiger charge is 2.47. The van der Waals surface area contributed by atoms with E-state index in [1.807, 2.05) is 6.07 Å². The zero-order valence-electron chi connectivity index (χ0n) is 39.3. The molecule has 14 rings (SSSR count). The summed E-state index contributed by atoms with van der Waals surface area (Å²) in [5.41, 5.74) is 20.0. The Morgan fingerprint density at radius 2 is 0.806 bits per heavy atom. The third kappa shape index (κ3) is 6.52. The van der Waals surface area contributed by atoms with Crippen molar-refractivity contribution in [3.63, 3.8) is 0 Å². The molecule has 2 heterocycles. The molecule has 336 valence electrons. The normalized spacial score (nSPS) is 12.6. The molecular formula is C69H45N3. The molecule has 1 aliphatic carbocycles. The number of hydrogen-bond acceptors (Lipinski definition) is 2. The predicted molar refractivity (Wildman–Crippen MR) is 298 cm³/mol. The maximum absolute atomic E-state index is 5.46. The van der Waals surface area contributed by atoms with Crippen LogP contribution in [0.1, 0.15) is 22.3 Å². The van der Waals surface area contributed by atoms with Crippen molar-refractivity contribution in [2.75, 3.05) is 0 Å². The van der Waals surface area contributed by atoms with E-state index in [4.69, 9.17) is 9.97 Å². The lowest BCUT2D eigenvalue weighted by Crippen LogP contribution is -2.28. The summed E-state index contributed by atoms with van der Waals surface area (Å²) in [6.07, 6.45) is 0. The highest BCUT2D eigenvalue weighted by atomic mass is 15.0. The van der Waals surface area contributed by atoms with Crippen molar-refractivity contribution in [3.8, 4) is 73.0 Å². The van der Waals surface area contributed by atoms with Crippen LogP contribution in [0.2, 0.25) is 0 Å². The van der Waals surface area contributed by atoms with Gasteiger partial charge in [-0.15, -0.1) is 0 Å². The number of benzene rings is 11. The molecule has 0 saturated carbocycles. The van der Waals surface area contributed by atoms with Crippen LogP contribution in [0.5, 0.6) is 0 Å². The number of fused-ring (bicyclic) bond motifs is 7. The van der Waals surface area contributed by atoms with Gasteiger partial charge in [-0.25, -0.2) is 9.97 Å². The van der Waals surface area contributed by atoms with E-state index >= 15 is 0 Å². The number of rotatable bonds is 8. The van der Waals surface area contributed by atoms with Crippen molar-refractivity contribution in [2.24, 2.45) is 0 Å². The van der Waals surface area contributed by atoms with Gasteiger partial charge in [0.2, 0.25) is 0 Å². The van der Waals surface area contributed by atoms with Crippen LogP contribution in [0.25, 0.3) is 106 Å². The van der Waals surface area contributed by atoms with Gasteiger partial charge in [-0.1, -0.05) is 237 Å². The zero-order valence-corrected chi connectivity index (χ0v) is 39.3. The fourth-order valence-electron chi connectivity index (χ4n) is 11.8. The molecule has 0 aliphatic heterocycles. The molecule has 0 bridgehead atoms. The largest absolute Gasteiger partial charge is 0.309 e. The van der Waals surface area contributed by atoms with Crippen LogP contribution in [0.15, 0.2) is 273 Å². The lowest BCUT2D eigenvalue weighted by Gasteiger charge is -2.33. The van der Waals surface area contributed by atoms with Crippen LogP contribution >= 0.6 is 0 Å². The third-order valence-corrected chi connectivity index (χ3v) is 14.9. The summed E-state index contributed by atoms with van der Waals surface area (Å²) in [6.45, 7) is 0. The molecule has 0 saturated heterocycles. The molecule has 2 aromatic heterocycles.